The summed E-state index contributed by atoms with van der Waals surface area (Å²) in [6.07, 6.45) is 5.30. The molecule has 0 amide bonds. The minimum Gasteiger partial charge on any atom is -0.100 e. The zero-order valence-corrected chi connectivity index (χ0v) is 10.2. The van der Waals surface area contributed by atoms with Crippen LogP contribution in [-0.4, -0.2) is 0 Å². The second kappa shape index (κ2) is 6.64. The molecule has 0 nitrogen and oxygen atoms in total. The van der Waals surface area contributed by atoms with E-state index in [0.29, 0.717) is 0 Å². The molecule has 1 aliphatic carbocycles. The summed E-state index contributed by atoms with van der Waals surface area (Å²) in [7, 11) is 0. The summed E-state index contributed by atoms with van der Waals surface area (Å²) in [4.78, 5) is 0. The third kappa shape index (κ3) is 5.80. The molecule has 0 radical (unpaired) electrons. The van der Waals surface area contributed by atoms with Gasteiger partial charge in [-0.1, -0.05) is 23.3 Å². The van der Waals surface area contributed by atoms with E-state index in [1.165, 1.54) is 42.4 Å². The first-order chi connectivity index (χ1) is 6.45. The molecule has 1 aliphatic rings. The summed E-state index contributed by atoms with van der Waals surface area (Å²) >= 11 is 0. The van der Waals surface area contributed by atoms with Crippen LogP contribution in [0.15, 0.2) is 35.5 Å². The van der Waals surface area contributed by atoms with E-state index in [0.717, 1.165) is 0 Å². The summed E-state index contributed by atoms with van der Waals surface area (Å²) in [5.41, 5.74) is 5.54. The van der Waals surface area contributed by atoms with E-state index in [9.17, 15) is 0 Å². The summed E-state index contributed by atoms with van der Waals surface area (Å²) < 4.78 is 0. The molecule has 0 heteroatoms. The van der Waals surface area contributed by atoms with Crippen LogP contribution in [0.4, 0.5) is 0 Å². The summed E-state index contributed by atoms with van der Waals surface area (Å²) in [6.45, 7) is 15.8. The molecule has 0 aliphatic heterocycles. The van der Waals surface area contributed by atoms with Gasteiger partial charge in [0.15, 0.2) is 0 Å². The second-order valence-corrected chi connectivity index (χ2v) is 4.45. The highest BCUT2D eigenvalue weighted by Crippen LogP contribution is 2.28. The first-order valence-corrected chi connectivity index (χ1v) is 5.41. The second-order valence-electron chi connectivity index (χ2n) is 4.45. The Morgan fingerprint density at radius 1 is 1.00 bits per heavy atom. The Balaban J connectivity index is 0.000000364. The van der Waals surface area contributed by atoms with Crippen molar-refractivity contribution in [2.24, 2.45) is 0 Å². The molecule has 1 rings (SSSR count). The van der Waals surface area contributed by atoms with Crippen LogP contribution in [0, 0.1) is 0 Å². The largest absolute Gasteiger partial charge is 0.100 e. The van der Waals surface area contributed by atoms with Gasteiger partial charge in [-0.3, -0.25) is 0 Å². The quantitative estimate of drug-likeness (QED) is 0.511. The molecule has 14 heavy (non-hydrogen) atoms. The number of rotatable bonds is 1. The van der Waals surface area contributed by atoms with Crippen LogP contribution in [0.3, 0.4) is 0 Å². The van der Waals surface area contributed by atoms with Crippen LogP contribution in [0.5, 0.6) is 0 Å². The predicted molar refractivity (Wildman–Crippen MR) is 66.5 cm³/mol. The van der Waals surface area contributed by atoms with Crippen LogP contribution < -0.4 is 0 Å². The zero-order chi connectivity index (χ0) is 11.1. The van der Waals surface area contributed by atoms with Gasteiger partial charge in [-0.15, -0.1) is 6.58 Å². The minimum absolute atomic E-state index is 1.17. The van der Waals surface area contributed by atoms with E-state index in [1.807, 2.05) is 13.8 Å². The maximum absolute atomic E-state index is 3.97. The summed E-state index contributed by atoms with van der Waals surface area (Å²) in [5.74, 6) is 0. The molecule has 80 valence electrons. The van der Waals surface area contributed by atoms with E-state index in [-0.39, 0.29) is 0 Å². The molecule has 0 aromatic rings. The Morgan fingerprint density at radius 2 is 1.43 bits per heavy atom. The molecule has 0 fully saturated rings. The molecule has 0 aromatic heterocycles. The molecule has 0 saturated carbocycles. The molecule has 0 aromatic carbocycles. The Hall–Kier alpha value is -0.780. The van der Waals surface area contributed by atoms with Crippen molar-refractivity contribution in [2.75, 3.05) is 0 Å². The molecule has 0 bridgehead atoms. The number of hydrogen-bond donors (Lipinski definition) is 0. The molecule has 0 spiro atoms. The molecule has 0 saturated heterocycles. The third-order valence-electron chi connectivity index (χ3n) is 2.26. The number of hydrogen-bond acceptors (Lipinski definition) is 0. The van der Waals surface area contributed by atoms with Gasteiger partial charge in [-0.2, -0.15) is 0 Å². The fraction of sp³-hybridized carbons (Fsp3) is 0.571. The van der Waals surface area contributed by atoms with Crippen molar-refractivity contribution in [3.8, 4) is 0 Å². The van der Waals surface area contributed by atoms with Gasteiger partial charge in [-0.25, -0.2) is 0 Å². The highest BCUT2D eigenvalue weighted by atomic mass is 14.1. The lowest BCUT2D eigenvalue weighted by molar-refractivity contribution is 0.677. The first kappa shape index (κ1) is 13.2. The summed E-state index contributed by atoms with van der Waals surface area (Å²) in [5, 5.41) is 0. The average Bonchev–Trinajstić information content (AvgIpc) is 2.03. The van der Waals surface area contributed by atoms with Crippen molar-refractivity contribution in [3.63, 3.8) is 0 Å². The average molecular weight is 192 g/mol. The topological polar surface area (TPSA) is 0 Å². The predicted octanol–water partition coefficient (Wildman–Crippen LogP) is 5.04. The normalized spacial score (nSPS) is 15.7. The van der Waals surface area contributed by atoms with Crippen LogP contribution in [0.25, 0.3) is 0 Å². The van der Waals surface area contributed by atoms with Crippen LogP contribution in [0.1, 0.15) is 53.4 Å². The van der Waals surface area contributed by atoms with Crippen LogP contribution in [-0.2, 0) is 0 Å². The molecule has 0 atom stereocenters. The van der Waals surface area contributed by atoms with Gasteiger partial charge in [0, 0.05) is 0 Å². The Morgan fingerprint density at radius 3 is 1.71 bits per heavy atom. The highest BCUT2D eigenvalue weighted by Gasteiger charge is 2.08. The molecule has 0 N–H and O–H groups in total. The van der Waals surface area contributed by atoms with Crippen molar-refractivity contribution in [3.05, 3.63) is 35.5 Å². The van der Waals surface area contributed by atoms with Gasteiger partial charge >= 0.3 is 0 Å². The maximum atomic E-state index is 3.97. The van der Waals surface area contributed by atoms with Gasteiger partial charge in [0.2, 0.25) is 0 Å². The van der Waals surface area contributed by atoms with E-state index < -0.39 is 0 Å². The highest BCUT2D eigenvalue weighted by molar-refractivity contribution is 5.32. The third-order valence-corrected chi connectivity index (χ3v) is 2.26. The van der Waals surface area contributed by atoms with Crippen LogP contribution in [0.2, 0.25) is 0 Å². The molecular formula is C14H24. The van der Waals surface area contributed by atoms with Gasteiger partial charge in [0.1, 0.15) is 0 Å². The Kier molecular flexibility index (Phi) is 6.27. The fourth-order valence-corrected chi connectivity index (χ4v) is 1.63. The first-order valence-electron chi connectivity index (χ1n) is 5.41. The van der Waals surface area contributed by atoms with Crippen molar-refractivity contribution in [1.82, 2.24) is 0 Å². The molecular weight excluding hydrogens is 168 g/mol. The standard InChI is InChI=1S/C10H16.C4H8/c1-8(2)10-7-5-4-6-9(10)3;1-4(2)3/h1,4-7H2,2-3H3;1H2,2-3H3. The SMILES string of the molecule is C=C(C)C.C=C(C)C1=C(C)CCCC1. The van der Waals surface area contributed by atoms with Crippen molar-refractivity contribution in [2.45, 2.75) is 53.4 Å². The van der Waals surface area contributed by atoms with E-state index in [1.54, 1.807) is 5.57 Å². The van der Waals surface area contributed by atoms with Gasteiger partial charge in [-0.05, 0) is 59.0 Å². The minimum atomic E-state index is 1.17. The van der Waals surface area contributed by atoms with Crippen molar-refractivity contribution >= 4 is 0 Å². The van der Waals surface area contributed by atoms with Gasteiger partial charge in [0.05, 0.1) is 0 Å². The molecule has 0 unspecified atom stereocenters. The van der Waals surface area contributed by atoms with Crippen LogP contribution >= 0.6 is 0 Å². The maximum Gasteiger partial charge on any atom is -0.0277 e. The Bertz CT molecular complexity index is 237. The van der Waals surface area contributed by atoms with E-state index >= 15 is 0 Å². The van der Waals surface area contributed by atoms with Gasteiger partial charge in [0.25, 0.3) is 0 Å². The van der Waals surface area contributed by atoms with Gasteiger partial charge < -0.3 is 0 Å². The number of allylic oxidation sites excluding steroid dienone is 4. The lowest BCUT2D eigenvalue weighted by Gasteiger charge is -2.17. The Labute approximate surface area is 89.4 Å². The lowest BCUT2D eigenvalue weighted by atomic mass is 9.89. The van der Waals surface area contributed by atoms with E-state index in [2.05, 4.69) is 27.0 Å². The van der Waals surface area contributed by atoms with Crippen molar-refractivity contribution in [1.29, 1.82) is 0 Å². The molecule has 0 heterocycles. The van der Waals surface area contributed by atoms with E-state index in [4.69, 9.17) is 0 Å². The monoisotopic (exact) mass is 192 g/mol. The fourth-order valence-electron chi connectivity index (χ4n) is 1.63. The smallest absolute Gasteiger partial charge is 0.0277 e. The lowest BCUT2D eigenvalue weighted by Crippen LogP contribution is -1.97. The zero-order valence-electron chi connectivity index (χ0n) is 10.2. The van der Waals surface area contributed by atoms with Crippen molar-refractivity contribution < 1.29 is 0 Å². The summed E-state index contributed by atoms with van der Waals surface area (Å²) in [6, 6.07) is 0.